The van der Waals surface area contributed by atoms with Crippen LogP contribution < -0.4 is 9.80 Å². The zero-order valence-corrected chi connectivity index (χ0v) is 17.9. The molecule has 0 N–H and O–H groups in total. The average Bonchev–Trinajstić information content (AvgIpc) is 2.72. The molecule has 0 aliphatic rings. The van der Waals surface area contributed by atoms with Crippen molar-refractivity contribution < 1.29 is 9.53 Å². The molecule has 2 aromatic carbocycles. The highest BCUT2D eigenvalue weighted by atomic mass is 16.5. The van der Waals surface area contributed by atoms with Gasteiger partial charge in [0.2, 0.25) is 0 Å². The molecule has 0 aliphatic heterocycles. The van der Waals surface area contributed by atoms with Gasteiger partial charge in [0, 0.05) is 37.6 Å². The molecular weight excluding hydrogens is 348 g/mol. The van der Waals surface area contributed by atoms with E-state index in [0.717, 1.165) is 37.3 Å². The standard InChI is InChI=1S/C24H34N2O2/c1-6-25(7-2)21-15-11-19(12-16-21)23(24(27)28-10-5)20-13-17-22(18-14-20)26(8-3)9-4/h11-18,23H,6-10H2,1-5H3. The second kappa shape index (κ2) is 10.7. The number of carbonyl (C=O) groups excluding carboxylic acids is 1. The van der Waals surface area contributed by atoms with Gasteiger partial charge in [-0.25, -0.2) is 0 Å². The minimum absolute atomic E-state index is 0.200. The van der Waals surface area contributed by atoms with Crippen molar-refractivity contribution in [1.29, 1.82) is 0 Å². The third kappa shape index (κ3) is 5.06. The highest BCUT2D eigenvalue weighted by Crippen LogP contribution is 2.29. The van der Waals surface area contributed by atoms with Crippen molar-refractivity contribution >= 4 is 17.3 Å². The summed E-state index contributed by atoms with van der Waals surface area (Å²) >= 11 is 0. The summed E-state index contributed by atoms with van der Waals surface area (Å²) in [4.78, 5) is 17.4. The Morgan fingerprint density at radius 1 is 0.714 bits per heavy atom. The molecule has 0 spiro atoms. The van der Waals surface area contributed by atoms with Crippen molar-refractivity contribution in [2.24, 2.45) is 0 Å². The summed E-state index contributed by atoms with van der Waals surface area (Å²) in [5.74, 6) is -0.606. The van der Waals surface area contributed by atoms with Crippen LogP contribution in [0.5, 0.6) is 0 Å². The first-order valence-corrected chi connectivity index (χ1v) is 10.5. The summed E-state index contributed by atoms with van der Waals surface area (Å²) in [5.41, 5.74) is 4.27. The smallest absolute Gasteiger partial charge is 0.317 e. The summed E-state index contributed by atoms with van der Waals surface area (Å²) in [7, 11) is 0. The van der Waals surface area contributed by atoms with Crippen molar-refractivity contribution in [2.75, 3.05) is 42.6 Å². The molecule has 0 saturated carbocycles. The van der Waals surface area contributed by atoms with Crippen LogP contribution in [0.15, 0.2) is 48.5 Å². The Balaban J connectivity index is 2.36. The lowest BCUT2D eigenvalue weighted by molar-refractivity contribution is -0.143. The van der Waals surface area contributed by atoms with E-state index in [2.05, 4.69) is 61.8 Å². The number of hydrogen-bond donors (Lipinski definition) is 0. The van der Waals surface area contributed by atoms with Gasteiger partial charge in [-0.2, -0.15) is 0 Å². The van der Waals surface area contributed by atoms with Crippen molar-refractivity contribution in [3.63, 3.8) is 0 Å². The van der Waals surface area contributed by atoms with Crippen LogP contribution in [0.1, 0.15) is 51.7 Å². The highest BCUT2D eigenvalue weighted by molar-refractivity contribution is 5.82. The predicted octanol–water partition coefficient (Wildman–Crippen LogP) is 5.07. The van der Waals surface area contributed by atoms with Gasteiger partial charge in [-0.3, -0.25) is 4.79 Å². The van der Waals surface area contributed by atoms with Crippen LogP contribution in [0.3, 0.4) is 0 Å². The molecular formula is C24H34N2O2. The van der Waals surface area contributed by atoms with Crippen LogP contribution in [-0.4, -0.2) is 38.8 Å². The molecule has 0 saturated heterocycles. The van der Waals surface area contributed by atoms with E-state index in [4.69, 9.17) is 4.74 Å². The predicted molar refractivity (Wildman–Crippen MR) is 118 cm³/mol. The molecule has 2 rings (SSSR count). The first-order valence-electron chi connectivity index (χ1n) is 10.5. The summed E-state index contributed by atoms with van der Waals surface area (Å²) in [6.45, 7) is 14.7. The maximum atomic E-state index is 12.8. The molecule has 0 radical (unpaired) electrons. The average molecular weight is 383 g/mol. The van der Waals surface area contributed by atoms with Crippen LogP contribution >= 0.6 is 0 Å². The van der Waals surface area contributed by atoms with Gasteiger partial charge in [0.15, 0.2) is 0 Å². The summed E-state index contributed by atoms with van der Waals surface area (Å²) in [6.07, 6.45) is 0. The second-order valence-electron chi connectivity index (χ2n) is 6.71. The Labute approximate surface area is 170 Å². The Bertz CT molecular complexity index is 662. The maximum Gasteiger partial charge on any atom is 0.317 e. The van der Waals surface area contributed by atoms with Gasteiger partial charge >= 0.3 is 5.97 Å². The van der Waals surface area contributed by atoms with Crippen molar-refractivity contribution in [2.45, 2.75) is 40.5 Å². The molecule has 152 valence electrons. The largest absolute Gasteiger partial charge is 0.465 e. The molecule has 0 fully saturated rings. The van der Waals surface area contributed by atoms with Crippen molar-refractivity contribution in [1.82, 2.24) is 0 Å². The minimum atomic E-state index is -0.406. The normalized spacial score (nSPS) is 10.8. The number of nitrogens with zero attached hydrogens (tertiary/aromatic N) is 2. The van der Waals surface area contributed by atoms with Gasteiger partial charge in [-0.1, -0.05) is 24.3 Å². The van der Waals surface area contributed by atoms with E-state index in [9.17, 15) is 4.79 Å². The molecule has 0 aliphatic carbocycles. The zero-order chi connectivity index (χ0) is 20.5. The third-order valence-corrected chi connectivity index (χ3v) is 5.23. The lowest BCUT2D eigenvalue weighted by atomic mass is 9.91. The van der Waals surface area contributed by atoms with E-state index in [0.29, 0.717) is 6.61 Å². The van der Waals surface area contributed by atoms with E-state index in [1.165, 1.54) is 11.4 Å². The van der Waals surface area contributed by atoms with E-state index in [1.54, 1.807) is 0 Å². The van der Waals surface area contributed by atoms with Gasteiger partial charge in [0.25, 0.3) is 0 Å². The lowest BCUT2D eigenvalue weighted by Crippen LogP contribution is -2.22. The summed E-state index contributed by atoms with van der Waals surface area (Å²) in [6, 6.07) is 16.6. The summed E-state index contributed by atoms with van der Waals surface area (Å²) < 4.78 is 5.39. The van der Waals surface area contributed by atoms with Crippen LogP contribution in [0.4, 0.5) is 11.4 Å². The number of esters is 1. The molecule has 0 amide bonds. The van der Waals surface area contributed by atoms with E-state index in [-0.39, 0.29) is 5.97 Å². The fourth-order valence-electron chi connectivity index (χ4n) is 3.62. The molecule has 4 heteroatoms. The molecule has 28 heavy (non-hydrogen) atoms. The van der Waals surface area contributed by atoms with Gasteiger partial charge in [-0.05, 0) is 70.0 Å². The molecule has 4 nitrogen and oxygen atoms in total. The topological polar surface area (TPSA) is 32.8 Å². The Hall–Kier alpha value is -2.49. The quantitative estimate of drug-likeness (QED) is 0.537. The molecule has 0 unspecified atom stereocenters. The second-order valence-corrected chi connectivity index (χ2v) is 6.71. The first-order chi connectivity index (χ1) is 13.6. The highest BCUT2D eigenvalue weighted by Gasteiger charge is 2.24. The van der Waals surface area contributed by atoms with Gasteiger partial charge in [0.05, 0.1) is 6.61 Å². The number of ether oxygens (including phenoxy) is 1. The van der Waals surface area contributed by atoms with E-state index in [1.807, 2.05) is 31.2 Å². The number of hydrogen-bond acceptors (Lipinski definition) is 4. The Morgan fingerprint density at radius 3 is 1.36 bits per heavy atom. The van der Waals surface area contributed by atoms with E-state index >= 15 is 0 Å². The van der Waals surface area contributed by atoms with Crippen LogP contribution in [0.2, 0.25) is 0 Å². The van der Waals surface area contributed by atoms with Gasteiger partial charge in [-0.15, -0.1) is 0 Å². The third-order valence-electron chi connectivity index (χ3n) is 5.23. The Kier molecular flexibility index (Phi) is 8.37. The molecule has 0 aromatic heterocycles. The summed E-state index contributed by atoms with van der Waals surface area (Å²) in [5, 5.41) is 0. The van der Waals surface area contributed by atoms with Gasteiger partial charge in [0.1, 0.15) is 5.92 Å². The number of rotatable bonds is 10. The van der Waals surface area contributed by atoms with Crippen molar-refractivity contribution in [3.8, 4) is 0 Å². The Morgan fingerprint density at radius 2 is 1.07 bits per heavy atom. The molecule has 2 aromatic rings. The van der Waals surface area contributed by atoms with Crippen LogP contribution in [0.25, 0.3) is 0 Å². The number of anilines is 2. The zero-order valence-electron chi connectivity index (χ0n) is 17.9. The minimum Gasteiger partial charge on any atom is -0.465 e. The maximum absolute atomic E-state index is 12.8. The lowest BCUT2D eigenvalue weighted by Gasteiger charge is -2.23. The molecule has 0 heterocycles. The van der Waals surface area contributed by atoms with Crippen LogP contribution in [0, 0.1) is 0 Å². The van der Waals surface area contributed by atoms with Crippen molar-refractivity contribution in [3.05, 3.63) is 59.7 Å². The van der Waals surface area contributed by atoms with Crippen LogP contribution in [-0.2, 0) is 9.53 Å². The number of carbonyl (C=O) groups is 1. The molecule has 0 atom stereocenters. The van der Waals surface area contributed by atoms with E-state index < -0.39 is 5.92 Å². The monoisotopic (exact) mass is 382 g/mol. The molecule has 0 bridgehead atoms. The first kappa shape index (κ1) is 21.8. The van der Waals surface area contributed by atoms with Gasteiger partial charge < -0.3 is 14.5 Å². The SMILES string of the molecule is CCOC(=O)C(c1ccc(N(CC)CC)cc1)c1ccc(N(CC)CC)cc1. The fourth-order valence-corrected chi connectivity index (χ4v) is 3.62. The fraction of sp³-hybridized carbons (Fsp3) is 0.458. The number of benzene rings is 2.